The van der Waals surface area contributed by atoms with Crippen molar-refractivity contribution in [2.45, 2.75) is 45.6 Å². The lowest BCUT2D eigenvalue weighted by atomic mass is 9.91. The molecule has 0 spiro atoms. The van der Waals surface area contributed by atoms with Gasteiger partial charge in [0.1, 0.15) is 0 Å². The molecule has 0 radical (unpaired) electrons. The molecule has 0 amide bonds. The summed E-state index contributed by atoms with van der Waals surface area (Å²) < 4.78 is 27.3. The van der Waals surface area contributed by atoms with E-state index >= 15 is 0 Å². The van der Waals surface area contributed by atoms with Crippen LogP contribution in [0.15, 0.2) is 18.2 Å². The molecule has 1 aliphatic rings. The minimum absolute atomic E-state index is 0.235. The molecule has 0 heterocycles. The molecule has 4 nitrogen and oxygen atoms in total. The Hall–Kier alpha value is -1.07. The SMILES string of the molecule is Cc1ccc(CN)cc1NS(=O)(=O)CC1CCCCC1. The van der Waals surface area contributed by atoms with Gasteiger partial charge < -0.3 is 5.73 Å². The Morgan fingerprint density at radius 1 is 1.25 bits per heavy atom. The van der Waals surface area contributed by atoms with Crippen LogP contribution in [0.4, 0.5) is 5.69 Å². The highest BCUT2D eigenvalue weighted by molar-refractivity contribution is 7.92. The molecular formula is C15H24N2O2S. The zero-order valence-electron chi connectivity index (χ0n) is 12.1. The summed E-state index contributed by atoms with van der Waals surface area (Å²) in [6, 6.07) is 5.66. The second kappa shape index (κ2) is 6.59. The Labute approximate surface area is 121 Å². The van der Waals surface area contributed by atoms with Gasteiger partial charge in [-0.15, -0.1) is 0 Å². The number of sulfonamides is 1. The minimum atomic E-state index is -3.27. The number of benzene rings is 1. The zero-order chi connectivity index (χ0) is 14.6. The highest BCUT2D eigenvalue weighted by Crippen LogP contribution is 2.26. The molecule has 1 saturated carbocycles. The van der Waals surface area contributed by atoms with Gasteiger partial charge in [-0.25, -0.2) is 8.42 Å². The summed E-state index contributed by atoms with van der Waals surface area (Å²) >= 11 is 0. The fraction of sp³-hybridized carbons (Fsp3) is 0.600. The third-order valence-electron chi connectivity index (χ3n) is 3.98. The third kappa shape index (κ3) is 4.21. The first-order valence-electron chi connectivity index (χ1n) is 7.30. The van der Waals surface area contributed by atoms with E-state index in [2.05, 4.69) is 4.72 Å². The van der Waals surface area contributed by atoms with Gasteiger partial charge in [0.2, 0.25) is 10.0 Å². The Bertz CT molecular complexity index is 549. The van der Waals surface area contributed by atoms with Crippen molar-refractivity contribution in [2.24, 2.45) is 11.7 Å². The van der Waals surface area contributed by atoms with Crippen molar-refractivity contribution in [1.82, 2.24) is 0 Å². The third-order valence-corrected chi connectivity index (χ3v) is 5.42. The number of nitrogens with one attached hydrogen (secondary N) is 1. The molecule has 1 fully saturated rings. The number of aryl methyl sites for hydroxylation is 1. The van der Waals surface area contributed by atoms with Crippen LogP contribution in [0.25, 0.3) is 0 Å². The molecule has 0 bridgehead atoms. The zero-order valence-corrected chi connectivity index (χ0v) is 12.9. The molecule has 0 saturated heterocycles. The molecule has 0 atom stereocenters. The maximum atomic E-state index is 12.3. The number of nitrogens with two attached hydrogens (primary N) is 1. The Morgan fingerprint density at radius 3 is 2.60 bits per heavy atom. The summed E-state index contributed by atoms with van der Waals surface area (Å²) in [7, 11) is -3.27. The monoisotopic (exact) mass is 296 g/mol. The van der Waals surface area contributed by atoms with Crippen LogP contribution in [0, 0.1) is 12.8 Å². The van der Waals surface area contributed by atoms with E-state index in [4.69, 9.17) is 5.73 Å². The first-order chi connectivity index (χ1) is 9.50. The molecule has 1 aromatic rings. The lowest BCUT2D eigenvalue weighted by Crippen LogP contribution is -2.24. The van der Waals surface area contributed by atoms with Gasteiger partial charge in [0.25, 0.3) is 0 Å². The topological polar surface area (TPSA) is 72.2 Å². The van der Waals surface area contributed by atoms with Crippen LogP contribution in [-0.2, 0) is 16.6 Å². The summed E-state index contributed by atoms with van der Waals surface area (Å²) in [4.78, 5) is 0. The van der Waals surface area contributed by atoms with Crippen LogP contribution in [0.5, 0.6) is 0 Å². The molecule has 0 unspecified atom stereocenters. The quantitative estimate of drug-likeness (QED) is 0.877. The van der Waals surface area contributed by atoms with E-state index in [0.29, 0.717) is 18.2 Å². The van der Waals surface area contributed by atoms with Crippen molar-refractivity contribution in [3.8, 4) is 0 Å². The fourth-order valence-electron chi connectivity index (χ4n) is 2.78. The standard InChI is InChI=1S/C15H24N2O2S/c1-12-7-8-14(10-16)9-15(12)17-20(18,19)11-13-5-3-2-4-6-13/h7-9,13,17H,2-6,10-11,16H2,1H3. The lowest BCUT2D eigenvalue weighted by molar-refractivity contribution is 0.385. The summed E-state index contributed by atoms with van der Waals surface area (Å²) in [5, 5.41) is 0. The van der Waals surface area contributed by atoms with E-state index in [-0.39, 0.29) is 5.75 Å². The molecular weight excluding hydrogens is 272 g/mol. The second-order valence-corrected chi connectivity index (χ2v) is 7.51. The summed E-state index contributed by atoms with van der Waals surface area (Å²) in [5.41, 5.74) is 8.12. The number of anilines is 1. The number of hydrogen-bond donors (Lipinski definition) is 2. The van der Waals surface area contributed by atoms with Crippen LogP contribution in [-0.4, -0.2) is 14.2 Å². The van der Waals surface area contributed by atoms with E-state index in [1.165, 1.54) is 6.42 Å². The van der Waals surface area contributed by atoms with Crippen molar-refractivity contribution >= 4 is 15.7 Å². The molecule has 1 aliphatic carbocycles. The van der Waals surface area contributed by atoms with E-state index in [9.17, 15) is 8.42 Å². The Balaban J connectivity index is 2.07. The maximum Gasteiger partial charge on any atom is 0.233 e. The van der Waals surface area contributed by atoms with E-state index in [1.54, 1.807) is 0 Å². The molecule has 5 heteroatoms. The second-order valence-electron chi connectivity index (χ2n) is 5.74. The van der Waals surface area contributed by atoms with Gasteiger partial charge in [-0.1, -0.05) is 31.4 Å². The van der Waals surface area contributed by atoms with Crippen LogP contribution in [0.2, 0.25) is 0 Å². The largest absolute Gasteiger partial charge is 0.326 e. The van der Waals surface area contributed by atoms with Crippen molar-refractivity contribution in [1.29, 1.82) is 0 Å². The first kappa shape index (κ1) is 15.3. The van der Waals surface area contributed by atoms with Crippen molar-refractivity contribution in [3.63, 3.8) is 0 Å². The lowest BCUT2D eigenvalue weighted by Gasteiger charge is -2.22. The van der Waals surface area contributed by atoms with Crippen LogP contribution in [0.3, 0.4) is 0 Å². The van der Waals surface area contributed by atoms with Gasteiger partial charge in [0.05, 0.1) is 11.4 Å². The smallest absolute Gasteiger partial charge is 0.233 e. The van der Waals surface area contributed by atoms with Gasteiger partial charge >= 0.3 is 0 Å². The van der Waals surface area contributed by atoms with E-state index in [1.807, 2.05) is 25.1 Å². The average Bonchev–Trinajstić information content (AvgIpc) is 2.41. The predicted octanol–water partition coefficient (Wildman–Crippen LogP) is 2.78. The number of rotatable bonds is 5. The van der Waals surface area contributed by atoms with E-state index < -0.39 is 10.0 Å². The van der Waals surface area contributed by atoms with Gasteiger partial charge in [-0.3, -0.25) is 4.72 Å². The van der Waals surface area contributed by atoms with Crippen LogP contribution in [0.1, 0.15) is 43.2 Å². The maximum absolute atomic E-state index is 12.3. The van der Waals surface area contributed by atoms with Crippen molar-refractivity contribution < 1.29 is 8.42 Å². The minimum Gasteiger partial charge on any atom is -0.326 e. The first-order valence-corrected chi connectivity index (χ1v) is 8.95. The summed E-state index contributed by atoms with van der Waals surface area (Å²) in [6.07, 6.45) is 5.61. The molecule has 3 N–H and O–H groups in total. The summed E-state index contributed by atoms with van der Waals surface area (Å²) in [5.74, 6) is 0.540. The van der Waals surface area contributed by atoms with Crippen LogP contribution < -0.4 is 10.5 Å². The molecule has 2 rings (SSSR count). The Kier molecular flexibility index (Phi) is 5.05. The van der Waals surface area contributed by atoms with Crippen LogP contribution >= 0.6 is 0 Å². The van der Waals surface area contributed by atoms with Gasteiger partial charge in [-0.2, -0.15) is 0 Å². The average molecular weight is 296 g/mol. The van der Waals surface area contributed by atoms with Crippen molar-refractivity contribution in [2.75, 3.05) is 10.5 Å². The van der Waals surface area contributed by atoms with Gasteiger partial charge in [0.15, 0.2) is 0 Å². The molecule has 0 aliphatic heterocycles. The molecule has 1 aromatic carbocycles. The van der Waals surface area contributed by atoms with Gasteiger partial charge in [-0.05, 0) is 42.9 Å². The highest BCUT2D eigenvalue weighted by Gasteiger charge is 2.21. The molecule has 112 valence electrons. The van der Waals surface area contributed by atoms with E-state index in [0.717, 1.165) is 36.8 Å². The predicted molar refractivity (Wildman–Crippen MR) is 83.1 cm³/mol. The van der Waals surface area contributed by atoms with Gasteiger partial charge in [0, 0.05) is 6.54 Å². The normalized spacial score (nSPS) is 17.1. The molecule has 0 aromatic heterocycles. The van der Waals surface area contributed by atoms with Crippen molar-refractivity contribution in [3.05, 3.63) is 29.3 Å². The number of hydrogen-bond acceptors (Lipinski definition) is 3. The fourth-order valence-corrected chi connectivity index (χ4v) is 4.37. The Morgan fingerprint density at radius 2 is 1.95 bits per heavy atom. The highest BCUT2D eigenvalue weighted by atomic mass is 32.2. The molecule has 20 heavy (non-hydrogen) atoms. The summed E-state index contributed by atoms with van der Waals surface area (Å²) in [6.45, 7) is 2.32.